The van der Waals surface area contributed by atoms with Crippen LogP contribution in [0.5, 0.6) is 5.75 Å². The third kappa shape index (κ3) is 4.37. The Balaban J connectivity index is 1.51. The summed E-state index contributed by atoms with van der Waals surface area (Å²) >= 11 is 0. The number of benzene rings is 2. The Kier molecular flexibility index (Phi) is 5.82. The largest absolute Gasteiger partial charge is 0.427 e. The zero-order valence-electron chi connectivity index (χ0n) is 15.3. The van der Waals surface area contributed by atoms with Crippen molar-refractivity contribution in [3.05, 3.63) is 70.8 Å². The Morgan fingerprint density at radius 2 is 1.55 bits per heavy atom. The number of carbonyl (C=O) groups excluding carboxylic acids is 3. The van der Waals surface area contributed by atoms with E-state index in [4.69, 9.17) is 15.3 Å². The summed E-state index contributed by atoms with van der Waals surface area (Å²) in [7, 11) is 0. The number of amides is 2. The second-order valence-corrected chi connectivity index (χ2v) is 6.24. The van der Waals surface area contributed by atoms with Gasteiger partial charge < -0.3 is 4.74 Å². The molecule has 142 valence electrons. The molecule has 1 aliphatic rings. The molecule has 1 aliphatic heterocycles. The van der Waals surface area contributed by atoms with Crippen LogP contribution >= 0.6 is 0 Å². The highest BCUT2D eigenvalue weighted by Crippen LogP contribution is 2.23. The van der Waals surface area contributed by atoms with E-state index >= 15 is 0 Å². The first-order chi connectivity index (χ1) is 14.0. The van der Waals surface area contributed by atoms with E-state index in [-0.39, 0.29) is 30.4 Å². The fourth-order valence-corrected chi connectivity index (χ4v) is 2.89. The van der Waals surface area contributed by atoms with Crippen LogP contribution in [0.3, 0.4) is 0 Å². The van der Waals surface area contributed by atoms with Crippen LogP contribution < -0.4 is 4.74 Å². The summed E-state index contributed by atoms with van der Waals surface area (Å²) in [6, 6.07) is 16.5. The van der Waals surface area contributed by atoms with E-state index in [9.17, 15) is 14.4 Å². The van der Waals surface area contributed by atoms with Crippen molar-refractivity contribution in [1.82, 2.24) is 4.90 Å². The summed E-state index contributed by atoms with van der Waals surface area (Å²) in [5.74, 6) is -0.864. The molecule has 0 aromatic heterocycles. The zero-order valence-corrected chi connectivity index (χ0v) is 15.3. The lowest BCUT2D eigenvalue weighted by Gasteiger charge is -2.13. The van der Waals surface area contributed by atoms with Gasteiger partial charge in [-0.3, -0.25) is 19.3 Å². The van der Waals surface area contributed by atoms with E-state index in [0.29, 0.717) is 28.9 Å². The molecule has 2 aromatic carbocycles. The predicted molar refractivity (Wildman–Crippen MR) is 102 cm³/mol. The van der Waals surface area contributed by atoms with Crippen LogP contribution in [0, 0.1) is 22.7 Å². The third-order valence-electron chi connectivity index (χ3n) is 4.30. The Labute approximate surface area is 167 Å². The van der Waals surface area contributed by atoms with Gasteiger partial charge in [-0.2, -0.15) is 10.5 Å². The van der Waals surface area contributed by atoms with E-state index in [2.05, 4.69) is 0 Å². The number of fused-ring (bicyclic) bond motifs is 1. The first kappa shape index (κ1) is 19.5. The fourth-order valence-electron chi connectivity index (χ4n) is 2.89. The highest BCUT2D eigenvalue weighted by Gasteiger charge is 2.34. The molecule has 3 rings (SSSR count). The minimum atomic E-state index is -0.486. The molecular weight excluding hydrogens is 370 g/mol. The maximum absolute atomic E-state index is 12.3. The van der Waals surface area contributed by atoms with Crippen molar-refractivity contribution in [2.45, 2.75) is 12.8 Å². The van der Waals surface area contributed by atoms with E-state index in [0.717, 1.165) is 4.90 Å². The number of esters is 1. The topological polar surface area (TPSA) is 111 Å². The summed E-state index contributed by atoms with van der Waals surface area (Å²) in [5, 5.41) is 17.5. The van der Waals surface area contributed by atoms with Crippen molar-refractivity contribution in [2.24, 2.45) is 0 Å². The van der Waals surface area contributed by atoms with Crippen LogP contribution in [0.2, 0.25) is 0 Å². The van der Waals surface area contributed by atoms with Crippen LogP contribution in [0.15, 0.2) is 54.1 Å². The molecule has 1 heterocycles. The minimum Gasteiger partial charge on any atom is -0.427 e. The van der Waals surface area contributed by atoms with E-state index in [1.165, 1.54) is 6.08 Å². The summed E-state index contributed by atoms with van der Waals surface area (Å²) < 4.78 is 5.23. The number of allylic oxidation sites excluding steroid dienone is 1. The second kappa shape index (κ2) is 8.64. The average Bonchev–Trinajstić information content (AvgIpc) is 2.98. The maximum Gasteiger partial charge on any atom is 0.311 e. The zero-order chi connectivity index (χ0) is 20.8. The van der Waals surface area contributed by atoms with E-state index in [1.54, 1.807) is 60.7 Å². The van der Waals surface area contributed by atoms with Gasteiger partial charge in [0.05, 0.1) is 11.1 Å². The van der Waals surface area contributed by atoms with Crippen LogP contribution in [0.1, 0.15) is 39.1 Å². The molecule has 29 heavy (non-hydrogen) atoms. The summed E-state index contributed by atoms with van der Waals surface area (Å²) in [5.41, 5.74) is 1.37. The van der Waals surface area contributed by atoms with Crippen molar-refractivity contribution in [3.63, 3.8) is 0 Å². The maximum atomic E-state index is 12.3. The first-order valence-electron chi connectivity index (χ1n) is 8.81. The second-order valence-electron chi connectivity index (χ2n) is 6.24. The molecule has 2 amide bonds. The molecule has 0 saturated heterocycles. The van der Waals surface area contributed by atoms with Crippen molar-refractivity contribution in [3.8, 4) is 17.9 Å². The Hall–Kier alpha value is -4.23. The number of carbonyl (C=O) groups is 3. The molecule has 0 unspecified atom stereocenters. The lowest BCUT2D eigenvalue weighted by Crippen LogP contribution is -2.31. The summed E-state index contributed by atoms with van der Waals surface area (Å²) in [4.78, 5) is 37.7. The van der Waals surface area contributed by atoms with Crippen LogP contribution in [0.4, 0.5) is 0 Å². The van der Waals surface area contributed by atoms with Crippen molar-refractivity contribution < 1.29 is 19.1 Å². The van der Waals surface area contributed by atoms with Gasteiger partial charge in [0.2, 0.25) is 0 Å². The number of hydrogen-bond acceptors (Lipinski definition) is 6. The Bertz CT molecular complexity index is 1040. The van der Waals surface area contributed by atoms with Crippen LogP contribution in [0.25, 0.3) is 6.08 Å². The smallest absolute Gasteiger partial charge is 0.311 e. The molecule has 0 fully saturated rings. The molecule has 7 heteroatoms. The fraction of sp³-hybridized carbons (Fsp3) is 0.136. The summed E-state index contributed by atoms with van der Waals surface area (Å²) in [6.07, 6.45) is 1.76. The molecule has 0 bridgehead atoms. The monoisotopic (exact) mass is 385 g/mol. The Morgan fingerprint density at radius 1 is 0.966 bits per heavy atom. The van der Waals surface area contributed by atoms with E-state index < -0.39 is 5.97 Å². The lowest BCUT2D eigenvalue weighted by molar-refractivity contribution is -0.134. The van der Waals surface area contributed by atoms with Gasteiger partial charge in [-0.25, -0.2) is 0 Å². The van der Waals surface area contributed by atoms with Crippen LogP contribution in [-0.2, 0) is 4.79 Å². The molecular formula is C22H15N3O4. The predicted octanol–water partition coefficient (Wildman–Crippen LogP) is 3.10. The SMILES string of the molecule is N#CC(C#N)=Cc1ccc(OC(=O)CCCN2C(=O)c3ccccc3C2=O)cc1. The quantitative estimate of drug-likeness (QED) is 0.327. The molecule has 0 saturated carbocycles. The molecule has 7 nitrogen and oxygen atoms in total. The van der Waals surface area contributed by atoms with Crippen molar-refractivity contribution in [1.29, 1.82) is 10.5 Å². The van der Waals surface area contributed by atoms with Gasteiger partial charge in [0.25, 0.3) is 11.8 Å². The number of nitrogens with zero attached hydrogens (tertiary/aromatic N) is 3. The number of ether oxygens (including phenoxy) is 1. The number of nitriles is 2. The van der Waals surface area contributed by atoms with Gasteiger partial charge in [0, 0.05) is 13.0 Å². The number of hydrogen-bond donors (Lipinski definition) is 0. The molecule has 0 atom stereocenters. The highest BCUT2D eigenvalue weighted by molar-refractivity contribution is 6.21. The van der Waals surface area contributed by atoms with Gasteiger partial charge in [0.1, 0.15) is 23.5 Å². The molecule has 0 radical (unpaired) electrons. The third-order valence-corrected chi connectivity index (χ3v) is 4.30. The molecule has 0 N–H and O–H groups in total. The standard InChI is InChI=1S/C22H15N3O4/c23-13-16(14-24)12-15-7-9-17(10-8-15)29-20(26)6-3-11-25-21(27)18-4-1-2-5-19(18)22(25)28/h1-2,4-5,7-10,12H,3,6,11H2. The average molecular weight is 385 g/mol. The number of rotatable bonds is 6. The van der Waals surface area contributed by atoms with Gasteiger partial charge in [-0.15, -0.1) is 0 Å². The highest BCUT2D eigenvalue weighted by atomic mass is 16.5. The number of imide groups is 1. The Morgan fingerprint density at radius 3 is 2.10 bits per heavy atom. The molecule has 2 aromatic rings. The normalized spacial score (nSPS) is 12.0. The van der Waals surface area contributed by atoms with Gasteiger partial charge in [-0.05, 0) is 42.3 Å². The molecule has 0 aliphatic carbocycles. The van der Waals surface area contributed by atoms with E-state index in [1.807, 2.05) is 0 Å². The van der Waals surface area contributed by atoms with Crippen molar-refractivity contribution >= 4 is 23.9 Å². The van der Waals surface area contributed by atoms with Crippen molar-refractivity contribution in [2.75, 3.05) is 6.54 Å². The van der Waals surface area contributed by atoms with Gasteiger partial charge in [-0.1, -0.05) is 24.3 Å². The minimum absolute atomic E-state index is 0.0251. The summed E-state index contributed by atoms with van der Waals surface area (Å²) in [6.45, 7) is 0.135. The lowest BCUT2D eigenvalue weighted by atomic mass is 10.1. The van der Waals surface area contributed by atoms with Crippen LogP contribution in [-0.4, -0.2) is 29.2 Å². The first-order valence-corrected chi connectivity index (χ1v) is 8.81. The molecule has 0 spiro atoms. The van der Waals surface area contributed by atoms with Gasteiger partial charge >= 0.3 is 5.97 Å². The van der Waals surface area contributed by atoms with Gasteiger partial charge in [0.15, 0.2) is 0 Å².